The van der Waals surface area contributed by atoms with Crippen LogP contribution in [-0.2, 0) is 0 Å². The second kappa shape index (κ2) is 9.38. The smallest absolute Gasteiger partial charge is 0.131 e. The number of hydrogen-bond acceptors (Lipinski definition) is 3. The standard InChI is InChI=1S/C44H25N3S2/c1-4-16-33-31(13-1)41-32-24-23-26(25-38(32)47-35-18-6-5-17-34(35)46(33)44(41)47)45(36-19-9-14-29-27-11-2-7-21-39(27)48-42(29)36)37-20-10-15-30-28-12-3-8-22-40(28)49-43(30)37/h1-25H. The van der Waals surface area contributed by atoms with E-state index in [0.29, 0.717) is 0 Å². The summed E-state index contributed by atoms with van der Waals surface area (Å²) >= 11 is 3.77. The number of benzene rings is 7. The number of para-hydroxylation sites is 3. The highest BCUT2D eigenvalue weighted by molar-refractivity contribution is 7.27. The molecule has 0 N–H and O–H groups in total. The van der Waals surface area contributed by atoms with E-state index in [1.165, 1.54) is 95.6 Å². The van der Waals surface area contributed by atoms with Gasteiger partial charge >= 0.3 is 0 Å². The predicted octanol–water partition coefficient (Wildman–Crippen LogP) is 13.3. The molecule has 12 rings (SSSR count). The van der Waals surface area contributed by atoms with Crippen molar-refractivity contribution in [3.05, 3.63) is 152 Å². The van der Waals surface area contributed by atoms with Gasteiger partial charge in [-0.25, -0.2) is 0 Å². The molecule has 49 heavy (non-hydrogen) atoms. The van der Waals surface area contributed by atoms with E-state index >= 15 is 0 Å². The first-order valence-electron chi connectivity index (χ1n) is 16.6. The number of nitrogens with zero attached hydrogens (tertiary/aromatic N) is 3. The third kappa shape index (κ3) is 3.31. The maximum atomic E-state index is 2.52. The molecule has 0 amide bonds. The van der Waals surface area contributed by atoms with Gasteiger partial charge in [0, 0.05) is 52.8 Å². The average Bonchev–Trinajstić information content (AvgIpc) is 3.95. The molecule has 5 heterocycles. The summed E-state index contributed by atoms with van der Waals surface area (Å²) in [5.74, 6) is 0. The summed E-state index contributed by atoms with van der Waals surface area (Å²) in [6.07, 6.45) is 0. The maximum absolute atomic E-state index is 2.52. The van der Waals surface area contributed by atoms with Crippen molar-refractivity contribution in [1.82, 2.24) is 8.80 Å². The van der Waals surface area contributed by atoms with Gasteiger partial charge in [-0.05, 0) is 54.6 Å². The monoisotopic (exact) mass is 659 g/mol. The maximum Gasteiger partial charge on any atom is 0.131 e. The quantitative estimate of drug-likeness (QED) is 0.184. The van der Waals surface area contributed by atoms with Crippen molar-refractivity contribution in [2.24, 2.45) is 0 Å². The third-order valence-corrected chi connectivity index (χ3v) is 12.8. The molecule has 0 aliphatic rings. The molecule has 0 fully saturated rings. The van der Waals surface area contributed by atoms with Crippen LogP contribution in [0.15, 0.2) is 152 Å². The summed E-state index contributed by atoms with van der Waals surface area (Å²) < 4.78 is 10.2. The van der Waals surface area contributed by atoms with E-state index in [-0.39, 0.29) is 0 Å². The van der Waals surface area contributed by atoms with Crippen LogP contribution in [0, 0.1) is 0 Å². The van der Waals surface area contributed by atoms with Gasteiger partial charge in [0.15, 0.2) is 0 Å². The molecule has 0 saturated heterocycles. The summed E-state index contributed by atoms with van der Waals surface area (Å²) in [6, 6.07) is 56.0. The van der Waals surface area contributed by atoms with E-state index in [0.717, 1.165) is 5.69 Å². The van der Waals surface area contributed by atoms with Crippen LogP contribution < -0.4 is 4.90 Å². The molecule has 0 bridgehead atoms. The molecule has 5 aromatic heterocycles. The lowest BCUT2D eigenvalue weighted by molar-refractivity contribution is 1.28. The molecule has 0 spiro atoms. The molecule has 0 unspecified atom stereocenters. The normalized spacial score (nSPS) is 12.5. The SMILES string of the molecule is c1ccc2c(c1)sc1c(N(c3ccc4c5c6ccccc6n6c7ccccc7n(c4c3)c56)c3cccc4c3sc3ccccc34)cccc12. The van der Waals surface area contributed by atoms with Gasteiger partial charge < -0.3 is 4.90 Å². The number of imidazole rings is 1. The van der Waals surface area contributed by atoms with Crippen molar-refractivity contribution in [1.29, 1.82) is 0 Å². The van der Waals surface area contributed by atoms with Crippen LogP contribution in [0.2, 0.25) is 0 Å². The number of thiophene rings is 2. The van der Waals surface area contributed by atoms with Crippen LogP contribution in [-0.4, -0.2) is 8.80 Å². The van der Waals surface area contributed by atoms with E-state index in [2.05, 4.69) is 165 Å². The summed E-state index contributed by atoms with van der Waals surface area (Å²) in [5.41, 5.74) is 9.75. The zero-order valence-electron chi connectivity index (χ0n) is 26.1. The largest absolute Gasteiger partial charge is 0.308 e. The van der Waals surface area contributed by atoms with Gasteiger partial charge in [-0.2, -0.15) is 0 Å². The fourth-order valence-electron chi connectivity index (χ4n) is 8.43. The minimum Gasteiger partial charge on any atom is -0.308 e. The zero-order chi connectivity index (χ0) is 31.8. The summed E-state index contributed by atoms with van der Waals surface area (Å²) in [7, 11) is 0. The fourth-order valence-corrected chi connectivity index (χ4v) is 10.8. The Labute approximate surface area is 288 Å². The summed E-state index contributed by atoms with van der Waals surface area (Å²) in [5, 5.41) is 9.12. The second-order valence-electron chi connectivity index (χ2n) is 12.9. The molecule has 7 aromatic carbocycles. The Morgan fingerprint density at radius 1 is 0.388 bits per heavy atom. The lowest BCUT2D eigenvalue weighted by Crippen LogP contribution is -2.10. The molecule has 0 saturated carbocycles. The molecule has 0 aliphatic carbocycles. The molecule has 5 heteroatoms. The molecule has 0 atom stereocenters. The van der Waals surface area contributed by atoms with Crippen molar-refractivity contribution in [3.63, 3.8) is 0 Å². The van der Waals surface area contributed by atoms with E-state index in [1.807, 2.05) is 22.7 Å². The van der Waals surface area contributed by atoms with E-state index in [1.54, 1.807) is 0 Å². The number of hydrogen-bond donors (Lipinski definition) is 0. The summed E-state index contributed by atoms with van der Waals surface area (Å²) in [6.45, 7) is 0. The molecule has 228 valence electrons. The van der Waals surface area contributed by atoms with Crippen molar-refractivity contribution in [3.8, 4) is 0 Å². The van der Waals surface area contributed by atoms with Gasteiger partial charge in [0.1, 0.15) is 5.65 Å². The van der Waals surface area contributed by atoms with E-state index in [9.17, 15) is 0 Å². The van der Waals surface area contributed by atoms with Crippen LogP contribution in [0.5, 0.6) is 0 Å². The molecule has 0 radical (unpaired) electrons. The fraction of sp³-hybridized carbons (Fsp3) is 0. The van der Waals surface area contributed by atoms with Crippen LogP contribution in [0.25, 0.3) is 84.2 Å². The first kappa shape index (κ1) is 26.1. The topological polar surface area (TPSA) is 12.1 Å². The highest BCUT2D eigenvalue weighted by Crippen LogP contribution is 2.50. The van der Waals surface area contributed by atoms with Gasteiger partial charge in [0.25, 0.3) is 0 Å². The van der Waals surface area contributed by atoms with Gasteiger partial charge in [0.05, 0.1) is 42.8 Å². The van der Waals surface area contributed by atoms with E-state index in [4.69, 9.17) is 0 Å². The van der Waals surface area contributed by atoms with Crippen molar-refractivity contribution >= 4 is 124 Å². The summed E-state index contributed by atoms with van der Waals surface area (Å²) in [4.78, 5) is 2.52. The minimum absolute atomic E-state index is 1.15. The Bertz CT molecular complexity index is 3180. The molecule has 12 aromatic rings. The van der Waals surface area contributed by atoms with Crippen LogP contribution in [0.4, 0.5) is 17.1 Å². The number of aromatic nitrogens is 2. The second-order valence-corrected chi connectivity index (χ2v) is 15.0. The van der Waals surface area contributed by atoms with E-state index < -0.39 is 0 Å². The minimum atomic E-state index is 1.15. The number of anilines is 3. The molecule has 3 nitrogen and oxygen atoms in total. The first-order valence-corrected chi connectivity index (χ1v) is 18.2. The van der Waals surface area contributed by atoms with Gasteiger partial charge in [0.2, 0.25) is 0 Å². The zero-order valence-corrected chi connectivity index (χ0v) is 27.7. The average molecular weight is 660 g/mol. The third-order valence-electron chi connectivity index (χ3n) is 10.4. The lowest BCUT2D eigenvalue weighted by Gasteiger charge is -2.27. The molecular formula is C44H25N3S2. The number of fused-ring (bicyclic) bond motifs is 15. The number of rotatable bonds is 3. The Hall–Kier alpha value is -5.88. The Balaban J connectivity index is 1.22. The van der Waals surface area contributed by atoms with Gasteiger partial charge in [-0.3, -0.25) is 8.80 Å². The van der Waals surface area contributed by atoms with Crippen molar-refractivity contribution < 1.29 is 0 Å². The van der Waals surface area contributed by atoms with Gasteiger partial charge in [-0.15, -0.1) is 22.7 Å². The Kier molecular flexibility index (Phi) is 5.00. The highest BCUT2D eigenvalue weighted by Gasteiger charge is 2.25. The highest BCUT2D eigenvalue weighted by atomic mass is 32.1. The lowest BCUT2D eigenvalue weighted by atomic mass is 10.1. The van der Waals surface area contributed by atoms with Crippen LogP contribution >= 0.6 is 22.7 Å². The molecular weight excluding hydrogens is 635 g/mol. The van der Waals surface area contributed by atoms with Crippen LogP contribution in [0.3, 0.4) is 0 Å². The van der Waals surface area contributed by atoms with Crippen LogP contribution in [0.1, 0.15) is 0 Å². The van der Waals surface area contributed by atoms with Gasteiger partial charge in [-0.1, -0.05) is 97.1 Å². The molecule has 0 aliphatic heterocycles. The Morgan fingerprint density at radius 2 is 0.878 bits per heavy atom. The predicted molar refractivity (Wildman–Crippen MR) is 213 cm³/mol. The first-order chi connectivity index (χ1) is 24.3. The van der Waals surface area contributed by atoms with Crippen molar-refractivity contribution in [2.75, 3.05) is 4.90 Å². The van der Waals surface area contributed by atoms with Crippen molar-refractivity contribution in [2.45, 2.75) is 0 Å². The Morgan fingerprint density at radius 3 is 1.51 bits per heavy atom.